The molecule has 2 N–H and O–H groups in total. The average molecular weight is 349 g/mol. The maximum atomic E-state index is 12.7. The zero-order valence-electron chi connectivity index (χ0n) is 14.7. The lowest BCUT2D eigenvalue weighted by atomic mass is 9.95. The van der Waals surface area contributed by atoms with Crippen LogP contribution in [0.2, 0.25) is 0 Å². The van der Waals surface area contributed by atoms with E-state index >= 15 is 0 Å². The third-order valence-corrected chi connectivity index (χ3v) is 4.87. The first-order chi connectivity index (χ1) is 12.8. The largest absolute Gasteiger partial charge is 0.366 e. The molecule has 0 aliphatic heterocycles. The Bertz CT molecular complexity index is 884. The Kier molecular flexibility index (Phi) is 4.82. The van der Waals surface area contributed by atoms with Gasteiger partial charge in [0.1, 0.15) is 11.4 Å². The smallest absolute Gasteiger partial charge is 0.256 e. The molecule has 6 nitrogen and oxygen atoms in total. The van der Waals surface area contributed by atoms with Crippen molar-refractivity contribution in [2.45, 2.75) is 44.7 Å². The number of carbonyl (C=O) groups excluding carboxylic acids is 1. The van der Waals surface area contributed by atoms with Crippen LogP contribution in [0, 0.1) is 0 Å². The summed E-state index contributed by atoms with van der Waals surface area (Å²) in [6.07, 6.45) is 9.18. The highest BCUT2D eigenvalue weighted by Crippen LogP contribution is 2.19. The minimum absolute atomic E-state index is 0.0837. The van der Waals surface area contributed by atoms with Crippen LogP contribution >= 0.6 is 0 Å². The van der Waals surface area contributed by atoms with Crippen LogP contribution in [0.3, 0.4) is 0 Å². The predicted octanol–water partition coefficient (Wildman–Crippen LogP) is 3.40. The molecule has 1 aliphatic rings. The molecule has 0 radical (unpaired) electrons. The third kappa shape index (κ3) is 3.69. The minimum atomic E-state index is -0.0837. The molecule has 134 valence electrons. The maximum absolute atomic E-state index is 12.7. The van der Waals surface area contributed by atoms with Crippen molar-refractivity contribution >= 4 is 17.4 Å². The number of anilines is 1. The Hall–Kier alpha value is -2.89. The first-order valence-corrected chi connectivity index (χ1v) is 9.22. The Morgan fingerprint density at radius 1 is 1.12 bits per heavy atom. The van der Waals surface area contributed by atoms with Gasteiger partial charge in [0, 0.05) is 18.8 Å². The number of amides is 1. The number of hydrogen-bond acceptors (Lipinski definition) is 4. The molecule has 4 rings (SSSR count). The number of aromatic nitrogens is 3. The number of rotatable bonds is 5. The molecule has 0 atom stereocenters. The van der Waals surface area contributed by atoms with Crippen LogP contribution in [-0.4, -0.2) is 26.5 Å². The standard InChI is InChI=1S/C20H23N5O/c26-20(23-16-9-5-2-6-10-16)17-14-22-25-12-11-18(24-19(17)25)21-13-15-7-3-1-4-8-15/h1,3-4,7-8,11-12,14,16H,2,5-6,9-10,13H2,(H,21,24)(H,23,26). The summed E-state index contributed by atoms with van der Waals surface area (Å²) < 4.78 is 1.64. The van der Waals surface area contributed by atoms with Gasteiger partial charge in [-0.25, -0.2) is 9.50 Å². The van der Waals surface area contributed by atoms with Crippen LogP contribution in [0.4, 0.5) is 5.82 Å². The summed E-state index contributed by atoms with van der Waals surface area (Å²) in [6.45, 7) is 0.682. The summed E-state index contributed by atoms with van der Waals surface area (Å²) >= 11 is 0. The van der Waals surface area contributed by atoms with Gasteiger partial charge in [0.15, 0.2) is 5.65 Å². The van der Waals surface area contributed by atoms with Gasteiger partial charge in [-0.3, -0.25) is 4.79 Å². The lowest BCUT2D eigenvalue weighted by Crippen LogP contribution is -2.36. The second-order valence-corrected chi connectivity index (χ2v) is 6.79. The lowest BCUT2D eigenvalue weighted by molar-refractivity contribution is 0.0929. The fraction of sp³-hybridized carbons (Fsp3) is 0.350. The molecule has 26 heavy (non-hydrogen) atoms. The summed E-state index contributed by atoms with van der Waals surface area (Å²) in [5.41, 5.74) is 2.29. The molecule has 1 saturated carbocycles. The van der Waals surface area contributed by atoms with E-state index in [1.165, 1.54) is 24.8 Å². The normalized spacial score (nSPS) is 15.1. The van der Waals surface area contributed by atoms with Gasteiger partial charge in [0.05, 0.1) is 6.20 Å². The summed E-state index contributed by atoms with van der Waals surface area (Å²) in [7, 11) is 0. The molecule has 2 heterocycles. The Labute approximate surface area is 152 Å². The maximum Gasteiger partial charge on any atom is 0.256 e. The molecule has 0 unspecified atom stereocenters. The lowest BCUT2D eigenvalue weighted by Gasteiger charge is -2.22. The Morgan fingerprint density at radius 3 is 2.73 bits per heavy atom. The zero-order chi connectivity index (χ0) is 17.8. The van der Waals surface area contributed by atoms with Gasteiger partial charge in [0.25, 0.3) is 5.91 Å². The molecular formula is C20H23N5O. The molecular weight excluding hydrogens is 326 g/mol. The first kappa shape index (κ1) is 16.6. The van der Waals surface area contributed by atoms with E-state index in [0.717, 1.165) is 18.7 Å². The number of carbonyl (C=O) groups is 1. The molecule has 6 heteroatoms. The van der Waals surface area contributed by atoms with E-state index in [2.05, 4.69) is 32.8 Å². The quantitative estimate of drug-likeness (QED) is 0.740. The summed E-state index contributed by atoms with van der Waals surface area (Å²) in [4.78, 5) is 17.2. The van der Waals surface area contributed by atoms with Gasteiger partial charge in [0.2, 0.25) is 0 Å². The number of benzene rings is 1. The molecule has 0 saturated heterocycles. The van der Waals surface area contributed by atoms with Crippen LogP contribution < -0.4 is 10.6 Å². The molecule has 2 aromatic heterocycles. The van der Waals surface area contributed by atoms with E-state index in [1.54, 1.807) is 10.7 Å². The van der Waals surface area contributed by atoms with Gasteiger partial charge in [-0.1, -0.05) is 49.6 Å². The second kappa shape index (κ2) is 7.56. The highest BCUT2D eigenvalue weighted by molar-refractivity contribution is 5.99. The van der Waals surface area contributed by atoms with Gasteiger partial charge in [-0.2, -0.15) is 5.10 Å². The van der Waals surface area contributed by atoms with Crippen molar-refractivity contribution in [1.82, 2.24) is 19.9 Å². The fourth-order valence-corrected chi connectivity index (χ4v) is 3.43. The van der Waals surface area contributed by atoms with Crippen LogP contribution in [0.25, 0.3) is 5.65 Å². The topological polar surface area (TPSA) is 71.3 Å². The van der Waals surface area contributed by atoms with E-state index < -0.39 is 0 Å². The molecule has 3 aromatic rings. The van der Waals surface area contributed by atoms with Crippen LogP contribution in [-0.2, 0) is 6.54 Å². The fourth-order valence-electron chi connectivity index (χ4n) is 3.43. The predicted molar refractivity (Wildman–Crippen MR) is 101 cm³/mol. The number of fused-ring (bicyclic) bond motifs is 1. The third-order valence-electron chi connectivity index (χ3n) is 4.87. The van der Waals surface area contributed by atoms with E-state index in [9.17, 15) is 4.79 Å². The zero-order valence-corrected chi connectivity index (χ0v) is 14.7. The summed E-state index contributed by atoms with van der Waals surface area (Å²) in [5.74, 6) is 0.646. The number of hydrogen-bond donors (Lipinski definition) is 2. The van der Waals surface area contributed by atoms with Crippen molar-refractivity contribution in [3.8, 4) is 0 Å². The van der Waals surface area contributed by atoms with Gasteiger partial charge in [-0.05, 0) is 24.5 Å². The molecule has 0 spiro atoms. The second-order valence-electron chi connectivity index (χ2n) is 6.79. The highest BCUT2D eigenvalue weighted by atomic mass is 16.1. The van der Waals surface area contributed by atoms with Crippen molar-refractivity contribution < 1.29 is 4.79 Å². The monoisotopic (exact) mass is 349 g/mol. The summed E-state index contributed by atoms with van der Waals surface area (Å²) in [6, 6.07) is 12.3. The average Bonchev–Trinajstić information content (AvgIpc) is 3.11. The van der Waals surface area contributed by atoms with Crippen LogP contribution in [0.5, 0.6) is 0 Å². The van der Waals surface area contributed by atoms with Crippen molar-refractivity contribution in [3.63, 3.8) is 0 Å². The summed E-state index contributed by atoms with van der Waals surface area (Å²) in [5, 5.41) is 10.7. The van der Waals surface area contributed by atoms with Crippen LogP contribution in [0.15, 0.2) is 48.8 Å². The molecule has 1 fully saturated rings. The number of nitrogens with one attached hydrogen (secondary N) is 2. The van der Waals surface area contributed by atoms with Crippen molar-refractivity contribution in [2.75, 3.05) is 5.32 Å². The van der Waals surface area contributed by atoms with Crippen molar-refractivity contribution in [3.05, 3.63) is 59.9 Å². The van der Waals surface area contributed by atoms with Gasteiger partial charge >= 0.3 is 0 Å². The molecule has 1 aromatic carbocycles. The molecule has 1 aliphatic carbocycles. The Balaban J connectivity index is 1.49. The van der Waals surface area contributed by atoms with Gasteiger partial charge in [-0.15, -0.1) is 0 Å². The molecule has 0 bridgehead atoms. The van der Waals surface area contributed by atoms with E-state index in [0.29, 0.717) is 17.8 Å². The van der Waals surface area contributed by atoms with E-state index in [1.807, 2.05) is 30.5 Å². The van der Waals surface area contributed by atoms with Gasteiger partial charge < -0.3 is 10.6 Å². The minimum Gasteiger partial charge on any atom is -0.366 e. The number of nitrogens with zero attached hydrogens (tertiary/aromatic N) is 3. The molecule has 1 amide bonds. The van der Waals surface area contributed by atoms with Crippen LogP contribution in [0.1, 0.15) is 48.0 Å². The Morgan fingerprint density at radius 2 is 1.92 bits per heavy atom. The van der Waals surface area contributed by atoms with Crippen molar-refractivity contribution in [2.24, 2.45) is 0 Å². The van der Waals surface area contributed by atoms with E-state index in [-0.39, 0.29) is 11.9 Å². The SMILES string of the molecule is O=C(NC1CCCCC1)c1cnn2ccc(NCc3ccccc3)nc12. The first-order valence-electron chi connectivity index (χ1n) is 9.22. The van der Waals surface area contributed by atoms with E-state index in [4.69, 9.17) is 0 Å². The highest BCUT2D eigenvalue weighted by Gasteiger charge is 2.20. The van der Waals surface area contributed by atoms with Crippen molar-refractivity contribution in [1.29, 1.82) is 0 Å².